The monoisotopic (exact) mass is 337 g/mol. The maximum atomic E-state index is 12.9. The van der Waals surface area contributed by atoms with E-state index in [9.17, 15) is 8.42 Å². The lowest BCUT2D eigenvalue weighted by Crippen LogP contribution is -2.16. The van der Waals surface area contributed by atoms with Crippen LogP contribution >= 0.6 is 11.6 Å². The number of aryl methyl sites for hydroxylation is 1. The van der Waals surface area contributed by atoms with Gasteiger partial charge in [-0.05, 0) is 36.8 Å². The predicted molar refractivity (Wildman–Crippen MR) is 82.9 cm³/mol. The highest BCUT2D eigenvalue weighted by atomic mass is 35.5. The molecule has 3 rings (SSSR count). The molecule has 6 nitrogen and oxygen atoms in total. The Hall–Kier alpha value is -2.12. The molecule has 1 aromatic heterocycles. The highest BCUT2D eigenvalue weighted by Crippen LogP contribution is 2.32. The van der Waals surface area contributed by atoms with Gasteiger partial charge in [-0.1, -0.05) is 28.9 Å². The zero-order valence-corrected chi connectivity index (χ0v) is 13.4. The lowest BCUT2D eigenvalue weighted by atomic mass is 10.2. The molecule has 8 heteroatoms. The number of methoxy groups -OCH3 is 1. The molecule has 114 valence electrons. The van der Waals surface area contributed by atoms with Crippen LogP contribution in [0, 0.1) is 6.92 Å². The van der Waals surface area contributed by atoms with Crippen molar-refractivity contribution in [2.45, 2.75) is 11.8 Å². The fourth-order valence-corrected chi connectivity index (χ4v) is 3.74. The number of para-hydroxylation sites is 1. The van der Waals surface area contributed by atoms with E-state index in [2.05, 4.69) is 10.3 Å². The molecule has 0 fully saturated rings. The van der Waals surface area contributed by atoms with Gasteiger partial charge in [0.05, 0.1) is 7.11 Å². The minimum Gasteiger partial charge on any atom is -0.495 e. The summed E-state index contributed by atoms with van der Waals surface area (Å²) in [5.74, 6) is 0.210. The van der Waals surface area contributed by atoms with Crippen LogP contribution in [0.3, 0.4) is 0 Å². The summed E-state index contributed by atoms with van der Waals surface area (Å²) in [5, 5.41) is 7.95. The standard InChI is InChI=1S/C14H12ClN3O3S/c1-9-7-13(21-2)14(8-10(9)15)22(19,20)18-12-6-4-3-5-11(12)16-17-18/h3-8H,1-2H3. The third kappa shape index (κ3) is 2.22. The molecular formula is C14H12ClN3O3S. The summed E-state index contributed by atoms with van der Waals surface area (Å²) in [7, 11) is -2.57. The highest BCUT2D eigenvalue weighted by Gasteiger charge is 2.26. The molecule has 3 aromatic rings. The van der Waals surface area contributed by atoms with E-state index in [0.29, 0.717) is 16.1 Å². The van der Waals surface area contributed by atoms with E-state index in [1.54, 1.807) is 37.3 Å². The Labute approximate surface area is 132 Å². The van der Waals surface area contributed by atoms with Crippen LogP contribution in [0.2, 0.25) is 5.02 Å². The van der Waals surface area contributed by atoms with Crippen molar-refractivity contribution in [1.82, 2.24) is 14.4 Å². The smallest absolute Gasteiger partial charge is 0.288 e. The Morgan fingerprint density at radius 3 is 2.68 bits per heavy atom. The van der Waals surface area contributed by atoms with Crippen LogP contribution in [0.25, 0.3) is 11.0 Å². The summed E-state index contributed by atoms with van der Waals surface area (Å²) in [4.78, 5) is -0.0544. The van der Waals surface area contributed by atoms with Crippen molar-refractivity contribution in [3.63, 3.8) is 0 Å². The van der Waals surface area contributed by atoms with Crippen LogP contribution in [0.4, 0.5) is 0 Å². The molecule has 0 amide bonds. The predicted octanol–water partition coefficient (Wildman–Crippen LogP) is 2.64. The molecule has 0 atom stereocenters. The van der Waals surface area contributed by atoms with Gasteiger partial charge in [-0.2, -0.15) is 8.42 Å². The van der Waals surface area contributed by atoms with E-state index in [1.807, 2.05) is 0 Å². The Kier molecular flexibility index (Phi) is 3.54. The minimum atomic E-state index is -3.97. The largest absolute Gasteiger partial charge is 0.495 e. The van der Waals surface area contributed by atoms with Crippen molar-refractivity contribution in [1.29, 1.82) is 0 Å². The fourth-order valence-electron chi connectivity index (χ4n) is 2.12. The highest BCUT2D eigenvalue weighted by molar-refractivity contribution is 7.90. The maximum absolute atomic E-state index is 12.9. The molecule has 0 aliphatic carbocycles. The SMILES string of the molecule is COc1cc(C)c(Cl)cc1S(=O)(=O)n1nnc2ccccc21. The summed E-state index contributed by atoms with van der Waals surface area (Å²) < 4.78 is 31.8. The van der Waals surface area contributed by atoms with Gasteiger partial charge in [0.25, 0.3) is 10.0 Å². The van der Waals surface area contributed by atoms with Crippen LogP contribution in [-0.4, -0.2) is 29.9 Å². The van der Waals surface area contributed by atoms with Crippen molar-refractivity contribution < 1.29 is 13.2 Å². The molecule has 22 heavy (non-hydrogen) atoms. The van der Waals surface area contributed by atoms with Crippen molar-refractivity contribution in [3.05, 3.63) is 47.0 Å². The van der Waals surface area contributed by atoms with Gasteiger partial charge in [-0.3, -0.25) is 0 Å². The first-order valence-electron chi connectivity index (χ1n) is 6.35. The molecule has 0 saturated carbocycles. The second-order valence-electron chi connectivity index (χ2n) is 4.68. The fraction of sp³-hybridized carbons (Fsp3) is 0.143. The number of ether oxygens (including phenoxy) is 1. The van der Waals surface area contributed by atoms with Crippen molar-refractivity contribution in [2.24, 2.45) is 0 Å². The third-order valence-corrected chi connectivity index (χ3v) is 5.28. The Morgan fingerprint density at radius 2 is 1.95 bits per heavy atom. The van der Waals surface area contributed by atoms with Gasteiger partial charge < -0.3 is 4.74 Å². The van der Waals surface area contributed by atoms with Gasteiger partial charge in [0.15, 0.2) is 0 Å². The summed E-state index contributed by atoms with van der Waals surface area (Å²) in [6, 6.07) is 9.74. The van der Waals surface area contributed by atoms with Gasteiger partial charge in [0, 0.05) is 5.02 Å². The van der Waals surface area contributed by atoms with E-state index in [4.69, 9.17) is 16.3 Å². The number of hydrogen-bond donors (Lipinski definition) is 0. The van der Waals surface area contributed by atoms with Crippen molar-refractivity contribution in [2.75, 3.05) is 7.11 Å². The van der Waals surface area contributed by atoms with Gasteiger partial charge in [-0.15, -0.1) is 9.19 Å². The maximum Gasteiger partial charge on any atom is 0.288 e. The molecule has 0 aliphatic rings. The van der Waals surface area contributed by atoms with E-state index >= 15 is 0 Å². The van der Waals surface area contributed by atoms with E-state index in [-0.39, 0.29) is 10.6 Å². The zero-order chi connectivity index (χ0) is 15.9. The van der Waals surface area contributed by atoms with Crippen molar-refractivity contribution in [3.8, 4) is 5.75 Å². The lowest BCUT2D eigenvalue weighted by molar-refractivity contribution is 0.402. The normalized spacial score (nSPS) is 11.8. The van der Waals surface area contributed by atoms with E-state index in [0.717, 1.165) is 9.65 Å². The molecular weight excluding hydrogens is 326 g/mol. The lowest BCUT2D eigenvalue weighted by Gasteiger charge is -2.11. The van der Waals surface area contributed by atoms with Crippen LogP contribution in [0.15, 0.2) is 41.3 Å². The molecule has 2 aromatic carbocycles. The number of aromatic nitrogens is 3. The minimum absolute atomic E-state index is 0.0544. The summed E-state index contributed by atoms with van der Waals surface area (Å²) >= 11 is 6.06. The molecule has 0 aliphatic heterocycles. The van der Waals surface area contributed by atoms with E-state index in [1.165, 1.54) is 13.2 Å². The molecule has 0 saturated heterocycles. The second-order valence-corrected chi connectivity index (χ2v) is 6.82. The van der Waals surface area contributed by atoms with Gasteiger partial charge in [0.2, 0.25) is 0 Å². The third-order valence-electron chi connectivity index (χ3n) is 3.27. The number of halogens is 1. The summed E-state index contributed by atoms with van der Waals surface area (Å²) in [5.41, 5.74) is 1.60. The quantitative estimate of drug-likeness (QED) is 0.734. The number of rotatable bonds is 3. The summed E-state index contributed by atoms with van der Waals surface area (Å²) in [6.07, 6.45) is 0. The van der Waals surface area contributed by atoms with Gasteiger partial charge in [-0.25, -0.2) is 0 Å². The number of fused-ring (bicyclic) bond motifs is 1. The molecule has 0 bridgehead atoms. The molecule has 0 N–H and O–H groups in total. The van der Waals surface area contributed by atoms with E-state index < -0.39 is 10.0 Å². The number of nitrogens with zero attached hydrogens (tertiary/aromatic N) is 3. The Bertz CT molecular complexity index is 967. The van der Waals surface area contributed by atoms with Crippen LogP contribution < -0.4 is 4.74 Å². The Balaban J connectivity index is 2.29. The average molecular weight is 338 g/mol. The summed E-state index contributed by atoms with van der Waals surface area (Å²) in [6.45, 7) is 1.77. The first-order valence-corrected chi connectivity index (χ1v) is 8.17. The first kappa shape index (κ1) is 14.8. The first-order chi connectivity index (χ1) is 10.4. The zero-order valence-electron chi connectivity index (χ0n) is 11.8. The van der Waals surface area contributed by atoms with Crippen LogP contribution in [0.5, 0.6) is 5.75 Å². The number of hydrogen-bond acceptors (Lipinski definition) is 5. The van der Waals surface area contributed by atoms with Crippen LogP contribution in [0.1, 0.15) is 5.56 Å². The number of benzene rings is 2. The van der Waals surface area contributed by atoms with Gasteiger partial charge in [0.1, 0.15) is 21.7 Å². The topological polar surface area (TPSA) is 74.1 Å². The molecule has 1 heterocycles. The second kappa shape index (κ2) is 5.26. The Morgan fingerprint density at radius 1 is 1.23 bits per heavy atom. The molecule has 0 unspecified atom stereocenters. The van der Waals surface area contributed by atoms with Gasteiger partial charge >= 0.3 is 0 Å². The average Bonchev–Trinajstić information content (AvgIpc) is 2.94. The molecule has 0 spiro atoms. The van der Waals surface area contributed by atoms with Crippen LogP contribution in [-0.2, 0) is 10.0 Å². The van der Waals surface area contributed by atoms with Crippen molar-refractivity contribution >= 4 is 32.7 Å². The molecule has 0 radical (unpaired) electrons.